The second-order valence-electron chi connectivity index (χ2n) is 9.80. The lowest BCUT2D eigenvalue weighted by Gasteiger charge is -2.42. The molecule has 3 amide bonds. The van der Waals surface area contributed by atoms with Gasteiger partial charge in [-0.05, 0) is 68.4 Å². The summed E-state index contributed by atoms with van der Waals surface area (Å²) in [6.45, 7) is 2.63. The van der Waals surface area contributed by atoms with E-state index in [2.05, 4.69) is 10.3 Å². The van der Waals surface area contributed by atoms with Crippen LogP contribution in [0.1, 0.15) is 49.0 Å². The lowest BCUT2D eigenvalue weighted by molar-refractivity contribution is 0.0484. The molecule has 1 saturated heterocycles. The number of hydrogen-bond acceptors (Lipinski definition) is 4. The van der Waals surface area contributed by atoms with Crippen LogP contribution >= 0.6 is 0 Å². The molecule has 2 heterocycles. The van der Waals surface area contributed by atoms with E-state index in [0.717, 1.165) is 32.1 Å². The Morgan fingerprint density at radius 1 is 1.13 bits per heavy atom. The molecule has 5 atom stereocenters. The highest BCUT2D eigenvalue weighted by Crippen LogP contribution is 2.56. The third-order valence-corrected chi connectivity index (χ3v) is 7.89. The minimum absolute atomic E-state index is 0.0169. The van der Waals surface area contributed by atoms with Gasteiger partial charge in [-0.15, -0.1) is 0 Å². The Morgan fingerprint density at radius 2 is 1.90 bits per heavy atom. The number of fused-ring (bicyclic) bond motifs is 2. The van der Waals surface area contributed by atoms with Gasteiger partial charge in [0.25, 0.3) is 5.91 Å². The van der Waals surface area contributed by atoms with Gasteiger partial charge in [0.2, 0.25) is 0 Å². The summed E-state index contributed by atoms with van der Waals surface area (Å²) in [4.78, 5) is 33.9. The second-order valence-corrected chi connectivity index (χ2v) is 9.80. The summed E-state index contributed by atoms with van der Waals surface area (Å²) in [5.41, 5.74) is 0.468. The fraction of sp³-hybridized carbons (Fsp3) is 0.696. The smallest absolute Gasteiger partial charge is 0.317 e. The predicted octanol–water partition coefficient (Wildman–Crippen LogP) is 2.53. The third-order valence-electron chi connectivity index (χ3n) is 7.89. The van der Waals surface area contributed by atoms with E-state index in [4.69, 9.17) is 4.74 Å². The van der Waals surface area contributed by atoms with E-state index in [1.54, 1.807) is 12.3 Å². The van der Waals surface area contributed by atoms with Crippen LogP contribution in [0.2, 0.25) is 0 Å². The molecule has 7 heteroatoms. The Balaban J connectivity index is 1.27. The van der Waals surface area contributed by atoms with Crippen molar-refractivity contribution in [2.24, 2.45) is 17.8 Å². The van der Waals surface area contributed by atoms with Crippen molar-refractivity contribution < 1.29 is 14.3 Å². The number of nitrogens with one attached hydrogen (secondary N) is 1. The summed E-state index contributed by atoms with van der Waals surface area (Å²) >= 11 is 0. The standard InChI is InChI=1S/C23H32N4O3/c1-26(21(28)20-4-2-3-5-24-20)19-11-16-10-17-14-23(13-16,15-18(17)12-19)25-22(29)27-6-8-30-9-7-27/h2-5,16-19H,6-15H2,1H3,(H,25,29). The average Bonchev–Trinajstić information content (AvgIpc) is 2.93. The minimum atomic E-state index is -0.0534. The van der Waals surface area contributed by atoms with Crippen LogP contribution in [0.15, 0.2) is 24.4 Å². The first-order valence-electron chi connectivity index (χ1n) is 11.4. The van der Waals surface area contributed by atoms with Gasteiger partial charge in [-0.2, -0.15) is 0 Å². The van der Waals surface area contributed by atoms with Crippen molar-refractivity contribution in [3.63, 3.8) is 0 Å². The predicted molar refractivity (Wildman–Crippen MR) is 112 cm³/mol. The molecule has 3 aliphatic carbocycles. The van der Waals surface area contributed by atoms with Crippen molar-refractivity contribution in [1.82, 2.24) is 20.1 Å². The van der Waals surface area contributed by atoms with Crippen LogP contribution in [0, 0.1) is 17.8 Å². The summed E-state index contributed by atoms with van der Waals surface area (Å²) in [6.07, 6.45) is 8.16. The zero-order chi connectivity index (χ0) is 20.7. The number of hydrogen-bond donors (Lipinski definition) is 1. The number of morpholine rings is 1. The van der Waals surface area contributed by atoms with Gasteiger partial charge in [-0.3, -0.25) is 9.78 Å². The van der Waals surface area contributed by atoms with Gasteiger partial charge in [0, 0.05) is 37.9 Å². The molecule has 3 bridgehead atoms. The number of amides is 3. The molecule has 0 radical (unpaired) electrons. The fourth-order valence-electron chi connectivity index (χ4n) is 6.59. The molecule has 5 rings (SSSR count). The maximum Gasteiger partial charge on any atom is 0.317 e. The molecule has 5 unspecified atom stereocenters. The molecule has 0 aromatic carbocycles. The number of rotatable bonds is 3. The zero-order valence-electron chi connectivity index (χ0n) is 17.8. The molecule has 3 saturated carbocycles. The van der Waals surface area contributed by atoms with E-state index in [-0.39, 0.29) is 23.5 Å². The van der Waals surface area contributed by atoms with Gasteiger partial charge in [-0.1, -0.05) is 6.07 Å². The van der Waals surface area contributed by atoms with Crippen LogP contribution in [0.5, 0.6) is 0 Å². The topological polar surface area (TPSA) is 74.8 Å². The fourth-order valence-corrected chi connectivity index (χ4v) is 6.59. The average molecular weight is 413 g/mol. The molecule has 1 aliphatic heterocycles. The second kappa shape index (κ2) is 7.84. The molecular weight excluding hydrogens is 380 g/mol. The molecule has 7 nitrogen and oxygen atoms in total. The Hall–Kier alpha value is -2.15. The molecule has 1 aromatic heterocycles. The van der Waals surface area contributed by atoms with Crippen LogP contribution in [0.3, 0.4) is 0 Å². The summed E-state index contributed by atoms with van der Waals surface area (Å²) in [6, 6.07) is 5.84. The first-order valence-corrected chi connectivity index (χ1v) is 11.4. The molecular formula is C23H32N4O3. The van der Waals surface area contributed by atoms with Gasteiger partial charge in [0.1, 0.15) is 5.69 Å². The van der Waals surface area contributed by atoms with Gasteiger partial charge < -0.3 is 19.9 Å². The monoisotopic (exact) mass is 412 g/mol. The maximum absolute atomic E-state index is 12.9. The lowest BCUT2D eigenvalue weighted by atomic mass is 9.74. The Bertz CT molecular complexity index is 793. The Labute approximate surface area is 178 Å². The van der Waals surface area contributed by atoms with E-state index >= 15 is 0 Å². The van der Waals surface area contributed by atoms with E-state index in [1.165, 1.54) is 6.42 Å². The zero-order valence-corrected chi connectivity index (χ0v) is 17.8. The highest BCUT2D eigenvalue weighted by atomic mass is 16.5. The molecule has 30 heavy (non-hydrogen) atoms. The number of nitrogens with zero attached hydrogens (tertiary/aromatic N) is 3. The molecule has 1 aromatic rings. The number of ether oxygens (including phenoxy) is 1. The molecule has 1 N–H and O–H groups in total. The SMILES string of the molecule is CN(C(=O)c1ccccn1)C1CC2CC3CC(NC(=O)N4CCOCC4)(C2)CC3C1. The van der Waals surface area contributed by atoms with Crippen LogP contribution in [-0.4, -0.2) is 71.7 Å². The number of carbonyl (C=O) groups excluding carboxylic acids is 2. The Kier molecular flexibility index (Phi) is 5.17. The van der Waals surface area contributed by atoms with Crippen molar-refractivity contribution in [3.8, 4) is 0 Å². The Morgan fingerprint density at radius 3 is 2.63 bits per heavy atom. The lowest BCUT2D eigenvalue weighted by Crippen LogP contribution is -2.56. The van der Waals surface area contributed by atoms with E-state index in [1.807, 2.05) is 29.0 Å². The maximum atomic E-state index is 12.9. The van der Waals surface area contributed by atoms with E-state index < -0.39 is 0 Å². The number of pyridine rings is 1. The highest BCUT2D eigenvalue weighted by Gasteiger charge is 2.54. The van der Waals surface area contributed by atoms with Gasteiger partial charge in [0.15, 0.2) is 0 Å². The van der Waals surface area contributed by atoms with Gasteiger partial charge in [0.05, 0.1) is 13.2 Å². The normalized spacial score (nSPS) is 35.0. The number of carbonyl (C=O) groups is 2. The van der Waals surface area contributed by atoms with Crippen molar-refractivity contribution in [2.75, 3.05) is 33.4 Å². The van der Waals surface area contributed by atoms with Crippen LogP contribution in [-0.2, 0) is 4.74 Å². The highest BCUT2D eigenvalue weighted by molar-refractivity contribution is 5.92. The van der Waals surface area contributed by atoms with Crippen LogP contribution in [0.4, 0.5) is 4.79 Å². The van der Waals surface area contributed by atoms with Crippen molar-refractivity contribution >= 4 is 11.9 Å². The van der Waals surface area contributed by atoms with Crippen molar-refractivity contribution in [1.29, 1.82) is 0 Å². The van der Waals surface area contributed by atoms with Crippen LogP contribution < -0.4 is 5.32 Å². The third kappa shape index (κ3) is 3.68. The number of urea groups is 1. The van der Waals surface area contributed by atoms with Crippen LogP contribution in [0.25, 0.3) is 0 Å². The first-order chi connectivity index (χ1) is 14.5. The van der Waals surface area contributed by atoms with Crippen molar-refractivity contribution in [2.45, 2.75) is 50.1 Å². The molecule has 162 valence electrons. The first kappa shape index (κ1) is 19.8. The van der Waals surface area contributed by atoms with E-state index in [9.17, 15) is 9.59 Å². The quantitative estimate of drug-likeness (QED) is 0.828. The summed E-state index contributed by atoms with van der Waals surface area (Å²) in [5.74, 6) is 1.82. The molecule has 0 spiro atoms. The van der Waals surface area contributed by atoms with Crippen molar-refractivity contribution in [3.05, 3.63) is 30.1 Å². The summed E-state index contributed by atoms with van der Waals surface area (Å²) < 4.78 is 5.39. The largest absolute Gasteiger partial charge is 0.378 e. The van der Waals surface area contributed by atoms with Gasteiger partial charge in [-0.25, -0.2) is 4.79 Å². The number of aromatic nitrogens is 1. The molecule has 4 fully saturated rings. The summed E-state index contributed by atoms with van der Waals surface area (Å²) in [5, 5.41) is 3.46. The minimum Gasteiger partial charge on any atom is -0.378 e. The van der Waals surface area contributed by atoms with Gasteiger partial charge >= 0.3 is 6.03 Å². The van der Waals surface area contributed by atoms with E-state index in [0.29, 0.717) is 49.8 Å². The molecule has 4 aliphatic rings. The summed E-state index contributed by atoms with van der Waals surface area (Å²) in [7, 11) is 1.93.